The van der Waals surface area contributed by atoms with Crippen LogP contribution in [0.1, 0.15) is 0 Å². The first-order valence-electron chi connectivity index (χ1n) is 0. The molecule has 0 unspecified atom stereocenters. The normalized spacial score (nSPS) is 0. The van der Waals surface area contributed by atoms with E-state index in [-0.39, 0.29) is 143 Å². The second kappa shape index (κ2) is 23.3. The Bertz CT molecular complexity index is 11.6. The van der Waals surface area contributed by atoms with Gasteiger partial charge in [-0.3, -0.25) is 0 Å². The van der Waals surface area contributed by atoms with Gasteiger partial charge in [0.25, 0.3) is 0 Å². The van der Waals surface area contributed by atoms with Crippen molar-refractivity contribution in [1.29, 1.82) is 0 Å². The molecule has 0 fully saturated rings. The van der Waals surface area contributed by atoms with E-state index >= 15 is 0 Å². The van der Waals surface area contributed by atoms with Crippen LogP contribution in [-0.2, 0) is 44.1 Å². The topological polar surface area (TPSA) is 0 Å². The van der Waals surface area contributed by atoms with Crippen molar-refractivity contribution in [3.8, 4) is 0 Å². The Balaban J connectivity index is 0. The van der Waals surface area contributed by atoms with Gasteiger partial charge in [-0.05, 0) is 0 Å². The first-order chi connectivity index (χ1) is 0. The van der Waals surface area contributed by atoms with Gasteiger partial charge in [0.15, 0.2) is 0 Å². The summed E-state index contributed by atoms with van der Waals surface area (Å²) in [5, 5.41) is 0. The van der Waals surface area contributed by atoms with E-state index in [0.717, 1.165) is 0 Å². The van der Waals surface area contributed by atoms with Crippen molar-refractivity contribution in [2.24, 2.45) is 0 Å². The molecule has 0 aromatic heterocycles. The fourth-order valence-electron chi connectivity index (χ4n) is 0. The van der Waals surface area contributed by atoms with Gasteiger partial charge in [-0.25, -0.2) is 0 Å². The standard InChI is InChI=1S/Ca.Na.Nb.Ti.U. The minimum absolute atomic E-state index is 0. The molecule has 5 heteroatoms. The zero-order valence-electron chi connectivity index (χ0n) is 3.15. The maximum absolute atomic E-state index is 0. The van der Waals surface area contributed by atoms with Crippen LogP contribution in [0.15, 0.2) is 0 Å². The summed E-state index contributed by atoms with van der Waals surface area (Å²) < 4.78 is 0. The van der Waals surface area contributed by atoms with E-state index in [1.165, 1.54) is 0 Å². The van der Waals surface area contributed by atoms with Crippen molar-refractivity contribution >= 4 is 67.3 Å². The van der Waals surface area contributed by atoms with Crippen LogP contribution < -0.4 is 0 Å². The van der Waals surface area contributed by atoms with Crippen LogP contribution in [0.4, 0.5) is 0 Å². The second-order valence-electron chi connectivity index (χ2n) is 0. The first-order valence-corrected chi connectivity index (χ1v) is 0. The third-order valence-electron chi connectivity index (χ3n) is 0. The van der Waals surface area contributed by atoms with Crippen molar-refractivity contribution in [1.82, 2.24) is 0 Å². The molecule has 0 N–H and O–H groups in total. The van der Waals surface area contributed by atoms with Gasteiger partial charge in [0, 0.05) is 143 Å². The molecule has 16 valence electrons. The maximum atomic E-state index is 0. The Labute approximate surface area is 138 Å². The molecule has 0 spiro atoms. The van der Waals surface area contributed by atoms with E-state index in [0.29, 0.717) is 0 Å². The fourth-order valence-corrected chi connectivity index (χ4v) is 0. The average molecular weight is 442 g/mol. The van der Waals surface area contributed by atoms with Gasteiger partial charge in [-0.2, -0.15) is 0 Å². The predicted molar refractivity (Wildman–Crippen MR) is 11.5 cm³/mol. The van der Waals surface area contributed by atoms with Crippen LogP contribution in [-0.4, -0.2) is 67.3 Å². The zero-order valence-corrected chi connectivity index (χ0v) is 15.3. The van der Waals surface area contributed by atoms with Gasteiger partial charge in [0.1, 0.15) is 0 Å². The molecule has 0 aliphatic heterocycles. The summed E-state index contributed by atoms with van der Waals surface area (Å²) in [4.78, 5) is 0. The molecule has 0 aliphatic carbocycles. The largest absolute Gasteiger partial charge is 0 e. The monoisotopic (exact) mass is 442 g/mol. The van der Waals surface area contributed by atoms with Crippen molar-refractivity contribution in [3.05, 3.63) is 0 Å². The van der Waals surface area contributed by atoms with Gasteiger partial charge < -0.3 is 0 Å². The van der Waals surface area contributed by atoms with Gasteiger partial charge in [-0.15, -0.1) is 0 Å². The Morgan fingerprint density at radius 1 is 1.00 bits per heavy atom. The third kappa shape index (κ3) is 17.7. The van der Waals surface area contributed by atoms with E-state index in [4.69, 9.17) is 0 Å². The quantitative estimate of drug-likeness (QED) is 0.433. The van der Waals surface area contributed by atoms with Crippen LogP contribution in [0, 0.1) is 31.1 Å². The molecule has 0 nitrogen and oxygen atoms in total. The number of hydrogen-bond donors (Lipinski definition) is 0. The third-order valence-corrected chi connectivity index (χ3v) is 0. The molecule has 0 heterocycles. The zero-order chi connectivity index (χ0) is 0. The Kier molecular flexibility index (Phi) is 154. The Morgan fingerprint density at radius 3 is 1.00 bits per heavy atom. The summed E-state index contributed by atoms with van der Waals surface area (Å²) in [6, 6.07) is 0. The molecular formula is CaNaNbTiU. The molecule has 0 amide bonds. The smallest absolute Gasteiger partial charge is 0 e. The van der Waals surface area contributed by atoms with E-state index in [1.807, 2.05) is 0 Å². The molecule has 0 rings (SSSR count). The summed E-state index contributed by atoms with van der Waals surface area (Å²) in [5.74, 6) is 0. The van der Waals surface area contributed by atoms with E-state index in [1.54, 1.807) is 0 Å². The van der Waals surface area contributed by atoms with Crippen LogP contribution in [0.3, 0.4) is 0 Å². The van der Waals surface area contributed by atoms with Gasteiger partial charge in [0.2, 0.25) is 0 Å². The minimum Gasteiger partial charge on any atom is 0 e. The molecule has 0 aromatic carbocycles. The number of rotatable bonds is 0. The average Bonchev–Trinajstić information content (AvgIpc) is 0. The van der Waals surface area contributed by atoms with Crippen molar-refractivity contribution < 1.29 is 75.2 Å². The number of hydrogen-bond acceptors (Lipinski definition) is 0. The Hall–Kier alpha value is 4.77. The maximum Gasteiger partial charge on any atom is 0 e. The Morgan fingerprint density at radius 2 is 1.00 bits per heavy atom. The summed E-state index contributed by atoms with van der Waals surface area (Å²) in [6.45, 7) is 0. The predicted octanol–water partition coefficient (Wildman–Crippen LogP) is -0.767. The first kappa shape index (κ1) is 33.0. The summed E-state index contributed by atoms with van der Waals surface area (Å²) >= 11 is 0. The fraction of sp³-hybridized carbons (Fsp3) is 0. The van der Waals surface area contributed by atoms with E-state index in [2.05, 4.69) is 0 Å². The molecule has 5 heavy (non-hydrogen) atoms. The van der Waals surface area contributed by atoms with Crippen molar-refractivity contribution in [2.75, 3.05) is 0 Å². The van der Waals surface area contributed by atoms with Gasteiger partial charge in [-0.1, -0.05) is 0 Å². The molecule has 4 radical (unpaired) electrons. The summed E-state index contributed by atoms with van der Waals surface area (Å²) in [7, 11) is 0. The molecule has 0 atom stereocenters. The van der Waals surface area contributed by atoms with Gasteiger partial charge in [0.05, 0.1) is 0 Å². The molecule has 0 saturated heterocycles. The molecule has 0 bridgehead atoms. The van der Waals surface area contributed by atoms with Crippen LogP contribution >= 0.6 is 0 Å². The van der Waals surface area contributed by atoms with Crippen LogP contribution in [0.2, 0.25) is 0 Å². The van der Waals surface area contributed by atoms with E-state index in [9.17, 15) is 0 Å². The van der Waals surface area contributed by atoms with Gasteiger partial charge >= 0.3 is 0 Å². The summed E-state index contributed by atoms with van der Waals surface area (Å²) in [6.07, 6.45) is 0. The molecule has 0 aliphatic rings. The van der Waals surface area contributed by atoms with Crippen LogP contribution in [0.5, 0.6) is 0 Å². The molecule has 0 aromatic rings. The summed E-state index contributed by atoms with van der Waals surface area (Å²) in [5.41, 5.74) is 0. The van der Waals surface area contributed by atoms with Crippen LogP contribution in [0.25, 0.3) is 0 Å². The van der Waals surface area contributed by atoms with E-state index < -0.39 is 0 Å². The van der Waals surface area contributed by atoms with Crippen molar-refractivity contribution in [3.63, 3.8) is 0 Å². The molecule has 0 saturated carbocycles. The van der Waals surface area contributed by atoms with Crippen molar-refractivity contribution in [2.45, 2.75) is 0 Å². The minimum atomic E-state index is 0. The second-order valence-corrected chi connectivity index (χ2v) is 0. The SMILES string of the molecule is [Ca].[Na].[Nb].[Ti].[U]. The molecular weight excluding hydrogens is 442 g/mol.